The van der Waals surface area contributed by atoms with E-state index in [1.54, 1.807) is 23.9 Å². The van der Waals surface area contributed by atoms with Gasteiger partial charge in [0.05, 0.1) is 17.6 Å². The van der Waals surface area contributed by atoms with Crippen molar-refractivity contribution in [3.05, 3.63) is 54.1 Å². The fourth-order valence-electron chi connectivity index (χ4n) is 5.36. The number of rotatable bonds is 2. The third-order valence-corrected chi connectivity index (χ3v) is 6.78. The summed E-state index contributed by atoms with van der Waals surface area (Å²) in [6.07, 6.45) is 8.29. The molecule has 0 bridgehead atoms. The van der Waals surface area contributed by atoms with Gasteiger partial charge in [0.2, 0.25) is 5.91 Å². The summed E-state index contributed by atoms with van der Waals surface area (Å²) in [4.78, 5) is 34.7. The molecule has 1 aromatic heterocycles. The second-order valence-electron chi connectivity index (χ2n) is 8.60. The Labute approximate surface area is 172 Å². The number of hydrogen-bond acceptors (Lipinski definition) is 3. The maximum absolute atomic E-state index is 13.7. The van der Waals surface area contributed by atoms with E-state index < -0.39 is 0 Å². The van der Waals surface area contributed by atoms with Gasteiger partial charge in [-0.15, -0.1) is 0 Å². The summed E-state index contributed by atoms with van der Waals surface area (Å²) >= 11 is 0. The van der Waals surface area contributed by atoms with Gasteiger partial charge in [-0.1, -0.05) is 43.2 Å². The fraction of sp³-hybridized carbons (Fsp3) is 0.522. The van der Waals surface area contributed by atoms with Crippen LogP contribution in [0.5, 0.6) is 0 Å². The van der Waals surface area contributed by atoms with Crippen molar-refractivity contribution < 1.29 is 9.59 Å². The van der Waals surface area contributed by atoms with Gasteiger partial charge in [-0.2, -0.15) is 0 Å². The van der Waals surface area contributed by atoms with Gasteiger partial charge >= 0.3 is 0 Å². The number of aromatic nitrogens is 2. The van der Waals surface area contributed by atoms with E-state index in [2.05, 4.69) is 24.0 Å². The van der Waals surface area contributed by atoms with Gasteiger partial charge in [0.1, 0.15) is 0 Å². The molecule has 2 amide bonds. The van der Waals surface area contributed by atoms with Crippen LogP contribution in [0.15, 0.2) is 42.7 Å². The summed E-state index contributed by atoms with van der Waals surface area (Å²) in [6.45, 7) is 4.59. The maximum atomic E-state index is 13.7. The third-order valence-electron chi connectivity index (χ3n) is 6.78. The summed E-state index contributed by atoms with van der Waals surface area (Å²) in [7, 11) is 1.85. The van der Waals surface area contributed by atoms with Crippen LogP contribution in [0.4, 0.5) is 0 Å². The van der Waals surface area contributed by atoms with Crippen LogP contribution in [0.1, 0.15) is 68.2 Å². The molecule has 2 fully saturated rings. The lowest BCUT2D eigenvalue weighted by Gasteiger charge is -2.45. The Balaban J connectivity index is 1.83. The molecule has 1 aromatic carbocycles. The number of aryl methyl sites for hydroxylation is 1. The minimum absolute atomic E-state index is 0.0268. The minimum Gasteiger partial charge on any atom is -0.335 e. The van der Waals surface area contributed by atoms with Crippen LogP contribution in [0.3, 0.4) is 0 Å². The second kappa shape index (κ2) is 7.65. The number of amides is 2. The molecular formula is C23H30N4O2. The molecule has 6 heteroatoms. The molecule has 0 N–H and O–H groups in total. The highest BCUT2D eigenvalue weighted by atomic mass is 16.2. The van der Waals surface area contributed by atoms with Crippen LogP contribution in [0.2, 0.25) is 0 Å². The molecule has 2 aliphatic rings. The van der Waals surface area contributed by atoms with Gasteiger partial charge in [-0.25, -0.2) is 4.98 Å². The van der Waals surface area contributed by atoms with Crippen molar-refractivity contribution >= 4 is 11.8 Å². The predicted molar refractivity (Wildman–Crippen MR) is 111 cm³/mol. The Kier molecular flexibility index (Phi) is 5.19. The Morgan fingerprint density at radius 3 is 2.55 bits per heavy atom. The lowest BCUT2D eigenvalue weighted by atomic mass is 9.83. The first-order chi connectivity index (χ1) is 13.9. The van der Waals surface area contributed by atoms with E-state index in [1.165, 1.54) is 0 Å². The topological polar surface area (TPSA) is 58.4 Å². The molecule has 0 unspecified atom stereocenters. The normalized spacial score (nSPS) is 27.3. The van der Waals surface area contributed by atoms with Gasteiger partial charge in [-0.05, 0) is 31.7 Å². The van der Waals surface area contributed by atoms with Gasteiger partial charge in [0, 0.05) is 32.9 Å². The maximum Gasteiger partial charge on any atom is 0.290 e. The average molecular weight is 395 g/mol. The minimum atomic E-state index is -0.381. The van der Waals surface area contributed by atoms with Crippen molar-refractivity contribution in [2.75, 3.05) is 6.54 Å². The van der Waals surface area contributed by atoms with E-state index in [0.29, 0.717) is 5.82 Å². The highest BCUT2D eigenvalue weighted by Gasteiger charge is 2.55. The quantitative estimate of drug-likeness (QED) is 0.783. The van der Waals surface area contributed by atoms with Crippen LogP contribution >= 0.6 is 0 Å². The summed E-state index contributed by atoms with van der Waals surface area (Å²) in [5.41, 5.74) is 0.736. The van der Waals surface area contributed by atoms with E-state index >= 15 is 0 Å². The zero-order valence-corrected chi connectivity index (χ0v) is 17.5. The molecule has 154 valence electrons. The summed E-state index contributed by atoms with van der Waals surface area (Å²) < 4.78 is 1.78. The SMILES string of the molecule is CC(=O)N1CCCCC[C@@H]2N(C(=O)c3nccn3C)[C@H](c3ccccc3)C[C@@]21C. The van der Waals surface area contributed by atoms with Crippen LogP contribution in [-0.4, -0.2) is 49.3 Å². The van der Waals surface area contributed by atoms with E-state index in [0.717, 1.165) is 44.2 Å². The van der Waals surface area contributed by atoms with Gasteiger partial charge in [-0.3, -0.25) is 9.59 Å². The van der Waals surface area contributed by atoms with E-state index in [4.69, 9.17) is 0 Å². The lowest BCUT2D eigenvalue weighted by molar-refractivity contribution is -0.136. The molecule has 2 aliphatic heterocycles. The number of nitrogens with zero attached hydrogens (tertiary/aromatic N) is 4. The van der Waals surface area contributed by atoms with Crippen molar-refractivity contribution in [2.45, 2.75) is 63.6 Å². The monoisotopic (exact) mass is 394 g/mol. The molecule has 0 aliphatic carbocycles. The summed E-state index contributed by atoms with van der Waals surface area (Å²) in [5, 5.41) is 0. The summed E-state index contributed by atoms with van der Waals surface area (Å²) in [5.74, 6) is 0.494. The van der Waals surface area contributed by atoms with E-state index in [1.807, 2.05) is 35.0 Å². The van der Waals surface area contributed by atoms with Crippen molar-refractivity contribution in [1.29, 1.82) is 0 Å². The predicted octanol–water partition coefficient (Wildman–Crippen LogP) is 3.56. The lowest BCUT2D eigenvalue weighted by Crippen LogP contribution is -2.58. The fourth-order valence-corrected chi connectivity index (χ4v) is 5.36. The number of hydrogen-bond donors (Lipinski definition) is 0. The highest BCUT2D eigenvalue weighted by molar-refractivity contribution is 5.92. The Morgan fingerprint density at radius 1 is 1.14 bits per heavy atom. The zero-order valence-electron chi connectivity index (χ0n) is 17.5. The third kappa shape index (κ3) is 3.34. The first-order valence-electron chi connectivity index (χ1n) is 10.6. The molecule has 6 nitrogen and oxygen atoms in total. The van der Waals surface area contributed by atoms with E-state index in [9.17, 15) is 9.59 Å². The molecule has 29 heavy (non-hydrogen) atoms. The molecule has 0 saturated carbocycles. The standard InChI is InChI=1S/C23H30N4O2/c1-17(28)26-14-9-5-8-12-20-23(26,2)16-19(18-10-6-4-7-11-18)27(20)22(29)21-24-13-15-25(21)3/h4,6-7,10-11,13,15,19-20H,5,8-9,12,14,16H2,1-3H3/t19-,20-,23-/m0/s1. The van der Waals surface area contributed by atoms with Crippen molar-refractivity contribution in [2.24, 2.45) is 7.05 Å². The number of likely N-dealkylation sites (tertiary alicyclic amines) is 2. The Hall–Kier alpha value is -2.63. The number of imidazole rings is 1. The Bertz CT molecular complexity index is 893. The smallest absolute Gasteiger partial charge is 0.290 e. The van der Waals surface area contributed by atoms with Crippen LogP contribution < -0.4 is 0 Å². The first kappa shape index (κ1) is 19.7. The zero-order chi connectivity index (χ0) is 20.6. The molecule has 0 radical (unpaired) electrons. The summed E-state index contributed by atoms with van der Waals surface area (Å²) in [6, 6.07) is 10.1. The van der Waals surface area contributed by atoms with Crippen LogP contribution in [0, 0.1) is 0 Å². The molecular weight excluding hydrogens is 364 g/mol. The van der Waals surface area contributed by atoms with Crippen molar-refractivity contribution in [3.8, 4) is 0 Å². The Morgan fingerprint density at radius 2 is 1.90 bits per heavy atom. The second-order valence-corrected chi connectivity index (χ2v) is 8.60. The molecule has 2 aromatic rings. The van der Waals surface area contributed by atoms with Gasteiger partial charge in [0.15, 0.2) is 5.82 Å². The largest absolute Gasteiger partial charge is 0.335 e. The number of fused-ring (bicyclic) bond motifs is 1. The number of benzene rings is 1. The molecule has 3 atom stereocenters. The van der Waals surface area contributed by atoms with Crippen molar-refractivity contribution in [1.82, 2.24) is 19.4 Å². The molecule has 2 saturated heterocycles. The van der Waals surface area contributed by atoms with Gasteiger partial charge < -0.3 is 14.4 Å². The van der Waals surface area contributed by atoms with Crippen LogP contribution in [-0.2, 0) is 11.8 Å². The average Bonchev–Trinajstić information content (AvgIpc) is 3.24. The van der Waals surface area contributed by atoms with E-state index in [-0.39, 0.29) is 29.4 Å². The first-order valence-corrected chi connectivity index (χ1v) is 10.6. The highest BCUT2D eigenvalue weighted by Crippen LogP contribution is 2.48. The number of carbonyl (C=O) groups excluding carboxylic acids is 2. The van der Waals surface area contributed by atoms with Crippen molar-refractivity contribution in [3.63, 3.8) is 0 Å². The molecule has 0 spiro atoms. The molecule has 3 heterocycles. The number of carbonyl (C=O) groups is 2. The van der Waals surface area contributed by atoms with Gasteiger partial charge in [0.25, 0.3) is 5.91 Å². The molecule has 4 rings (SSSR count). The van der Waals surface area contributed by atoms with Crippen LogP contribution in [0.25, 0.3) is 0 Å².